The predicted octanol–water partition coefficient (Wildman–Crippen LogP) is 2.81. The molecule has 2 rings (SSSR count). The summed E-state index contributed by atoms with van der Waals surface area (Å²) in [6.07, 6.45) is 2.96. The Morgan fingerprint density at radius 2 is 1.90 bits per heavy atom. The largest absolute Gasteiger partial charge is 0.491 e. The minimum Gasteiger partial charge on any atom is -0.491 e. The van der Waals surface area contributed by atoms with Crippen LogP contribution in [0.1, 0.15) is 33.1 Å². The van der Waals surface area contributed by atoms with Crippen LogP contribution in [0.3, 0.4) is 0 Å². The van der Waals surface area contributed by atoms with Gasteiger partial charge in [-0.25, -0.2) is 0 Å². The molecule has 0 aliphatic carbocycles. The van der Waals surface area contributed by atoms with Gasteiger partial charge in [-0.1, -0.05) is 12.1 Å². The molecule has 1 aromatic rings. The third-order valence-corrected chi connectivity index (χ3v) is 4.26. The van der Waals surface area contributed by atoms with E-state index >= 15 is 0 Å². The molecular formula is C17H28N2O2. The van der Waals surface area contributed by atoms with Crippen LogP contribution in [0.2, 0.25) is 0 Å². The van der Waals surface area contributed by atoms with Crippen molar-refractivity contribution in [3.05, 3.63) is 24.3 Å². The maximum atomic E-state index is 6.00. The Morgan fingerprint density at radius 1 is 1.24 bits per heavy atom. The Balaban J connectivity index is 1.97. The Labute approximate surface area is 128 Å². The fraction of sp³-hybridized carbons (Fsp3) is 0.647. The first kappa shape index (κ1) is 16.1. The maximum absolute atomic E-state index is 6.00. The number of para-hydroxylation sites is 2. The first-order valence-electron chi connectivity index (χ1n) is 7.79. The number of hydrogen-bond acceptors (Lipinski definition) is 4. The molecule has 4 nitrogen and oxygen atoms in total. The van der Waals surface area contributed by atoms with Crippen LogP contribution in [-0.2, 0) is 4.74 Å². The highest BCUT2D eigenvalue weighted by atomic mass is 16.5. The van der Waals surface area contributed by atoms with Crippen molar-refractivity contribution in [2.75, 3.05) is 31.7 Å². The molecule has 0 unspecified atom stereocenters. The third-order valence-electron chi connectivity index (χ3n) is 4.26. The van der Waals surface area contributed by atoms with Gasteiger partial charge in [-0.2, -0.15) is 0 Å². The molecule has 0 saturated carbocycles. The van der Waals surface area contributed by atoms with Crippen LogP contribution >= 0.6 is 0 Å². The van der Waals surface area contributed by atoms with Crippen LogP contribution in [0.25, 0.3) is 0 Å². The van der Waals surface area contributed by atoms with E-state index in [1.54, 1.807) is 7.11 Å². The van der Waals surface area contributed by atoms with Gasteiger partial charge >= 0.3 is 0 Å². The summed E-state index contributed by atoms with van der Waals surface area (Å²) in [7, 11) is 1.74. The number of nitrogens with two attached hydrogens (primary N) is 1. The molecule has 0 radical (unpaired) electrons. The SMILES string of the molecule is COC(C)(C)CCOc1ccccc1N1CCC(N)CC1. The van der Waals surface area contributed by atoms with Gasteiger partial charge in [0, 0.05) is 32.7 Å². The number of anilines is 1. The van der Waals surface area contributed by atoms with E-state index in [2.05, 4.69) is 30.9 Å². The highest BCUT2D eigenvalue weighted by Crippen LogP contribution is 2.30. The number of piperidine rings is 1. The Morgan fingerprint density at radius 3 is 2.57 bits per heavy atom. The van der Waals surface area contributed by atoms with Crippen molar-refractivity contribution in [2.24, 2.45) is 5.73 Å². The molecule has 2 N–H and O–H groups in total. The van der Waals surface area contributed by atoms with Gasteiger partial charge in [-0.3, -0.25) is 0 Å². The number of nitrogens with zero attached hydrogens (tertiary/aromatic N) is 1. The number of hydrogen-bond donors (Lipinski definition) is 1. The molecule has 1 aliphatic heterocycles. The Bertz CT molecular complexity index is 440. The van der Waals surface area contributed by atoms with Crippen LogP contribution in [0, 0.1) is 0 Å². The molecule has 0 amide bonds. The van der Waals surface area contributed by atoms with E-state index in [0.717, 1.165) is 38.1 Å². The van der Waals surface area contributed by atoms with Crippen LogP contribution in [-0.4, -0.2) is 38.4 Å². The van der Waals surface area contributed by atoms with E-state index in [4.69, 9.17) is 15.2 Å². The molecule has 21 heavy (non-hydrogen) atoms. The van der Waals surface area contributed by atoms with Crippen molar-refractivity contribution in [3.63, 3.8) is 0 Å². The van der Waals surface area contributed by atoms with Gasteiger partial charge in [-0.15, -0.1) is 0 Å². The van der Waals surface area contributed by atoms with Gasteiger partial charge < -0.3 is 20.1 Å². The van der Waals surface area contributed by atoms with Crippen molar-refractivity contribution in [1.29, 1.82) is 0 Å². The molecule has 1 heterocycles. The normalized spacial score (nSPS) is 17.0. The first-order chi connectivity index (χ1) is 10.0. The smallest absolute Gasteiger partial charge is 0.142 e. The fourth-order valence-corrected chi connectivity index (χ4v) is 2.49. The maximum Gasteiger partial charge on any atom is 0.142 e. The van der Waals surface area contributed by atoms with Gasteiger partial charge in [0.25, 0.3) is 0 Å². The lowest BCUT2D eigenvalue weighted by atomic mass is 10.1. The summed E-state index contributed by atoms with van der Waals surface area (Å²) in [6, 6.07) is 8.61. The number of benzene rings is 1. The lowest BCUT2D eigenvalue weighted by molar-refractivity contribution is 0.00549. The van der Waals surface area contributed by atoms with Crippen molar-refractivity contribution in [2.45, 2.75) is 44.8 Å². The van der Waals surface area contributed by atoms with E-state index in [0.29, 0.717) is 12.6 Å². The molecule has 0 bridgehead atoms. The summed E-state index contributed by atoms with van der Waals surface area (Å²) in [6.45, 7) is 6.82. The summed E-state index contributed by atoms with van der Waals surface area (Å²) in [5, 5.41) is 0. The van der Waals surface area contributed by atoms with E-state index in [1.165, 1.54) is 5.69 Å². The monoisotopic (exact) mass is 292 g/mol. The molecule has 0 atom stereocenters. The van der Waals surface area contributed by atoms with E-state index in [9.17, 15) is 0 Å². The van der Waals surface area contributed by atoms with Crippen molar-refractivity contribution in [3.8, 4) is 5.75 Å². The zero-order valence-corrected chi connectivity index (χ0v) is 13.5. The van der Waals surface area contributed by atoms with Gasteiger partial charge in [0.15, 0.2) is 0 Å². The van der Waals surface area contributed by atoms with Crippen LogP contribution in [0.5, 0.6) is 5.75 Å². The topological polar surface area (TPSA) is 47.7 Å². The lowest BCUT2D eigenvalue weighted by Gasteiger charge is -2.33. The van der Waals surface area contributed by atoms with Crippen LogP contribution < -0.4 is 15.4 Å². The molecule has 4 heteroatoms. The summed E-state index contributed by atoms with van der Waals surface area (Å²) in [4.78, 5) is 2.38. The second kappa shape index (κ2) is 7.14. The Hall–Kier alpha value is -1.26. The molecular weight excluding hydrogens is 264 g/mol. The summed E-state index contributed by atoms with van der Waals surface area (Å²) in [5.74, 6) is 0.958. The predicted molar refractivity (Wildman–Crippen MR) is 87.1 cm³/mol. The zero-order valence-electron chi connectivity index (χ0n) is 13.5. The van der Waals surface area contributed by atoms with Gasteiger partial charge in [-0.05, 0) is 38.8 Å². The van der Waals surface area contributed by atoms with Gasteiger partial charge in [0.1, 0.15) is 5.75 Å². The molecule has 0 spiro atoms. The third kappa shape index (κ3) is 4.61. The summed E-state index contributed by atoms with van der Waals surface area (Å²) >= 11 is 0. The molecule has 1 aliphatic rings. The molecule has 1 fully saturated rings. The van der Waals surface area contributed by atoms with Gasteiger partial charge in [0.05, 0.1) is 17.9 Å². The van der Waals surface area contributed by atoms with Crippen LogP contribution in [0.4, 0.5) is 5.69 Å². The summed E-state index contributed by atoms with van der Waals surface area (Å²) < 4.78 is 11.4. The molecule has 1 aromatic carbocycles. The number of ether oxygens (including phenoxy) is 2. The quantitative estimate of drug-likeness (QED) is 0.876. The average molecular weight is 292 g/mol. The minimum atomic E-state index is -0.146. The molecule has 118 valence electrons. The fourth-order valence-electron chi connectivity index (χ4n) is 2.49. The number of methoxy groups -OCH3 is 1. The van der Waals surface area contributed by atoms with E-state index in [1.807, 2.05) is 12.1 Å². The second-order valence-electron chi connectivity index (χ2n) is 6.35. The average Bonchev–Trinajstić information content (AvgIpc) is 2.49. The molecule has 1 saturated heterocycles. The summed E-state index contributed by atoms with van der Waals surface area (Å²) in [5.41, 5.74) is 7.02. The highest BCUT2D eigenvalue weighted by molar-refractivity contribution is 5.58. The minimum absolute atomic E-state index is 0.146. The molecule has 0 aromatic heterocycles. The van der Waals surface area contributed by atoms with Crippen molar-refractivity contribution < 1.29 is 9.47 Å². The van der Waals surface area contributed by atoms with E-state index < -0.39 is 0 Å². The van der Waals surface area contributed by atoms with Crippen molar-refractivity contribution >= 4 is 5.69 Å². The van der Waals surface area contributed by atoms with E-state index in [-0.39, 0.29) is 5.60 Å². The highest BCUT2D eigenvalue weighted by Gasteiger charge is 2.20. The van der Waals surface area contributed by atoms with Crippen LogP contribution in [0.15, 0.2) is 24.3 Å². The lowest BCUT2D eigenvalue weighted by Crippen LogP contribution is -2.39. The Kier molecular flexibility index (Phi) is 5.48. The first-order valence-corrected chi connectivity index (χ1v) is 7.79. The van der Waals surface area contributed by atoms with Crippen molar-refractivity contribution in [1.82, 2.24) is 0 Å². The zero-order chi connectivity index (χ0) is 15.3. The standard InChI is InChI=1S/C17H28N2O2/c1-17(2,20-3)10-13-21-16-7-5-4-6-15(16)19-11-8-14(18)9-12-19/h4-7,14H,8-13,18H2,1-3H3. The second-order valence-corrected chi connectivity index (χ2v) is 6.35. The van der Waals surface area contributed by atoms with Gasteiger partial charge in [0.2, 0.25) is 0 Å². The number of rotatable bonds is 6.